The van der Waals surface area contributed by atoms with Crippen LogP contribution >= 0.6 is 0 Å². The van der Waals surface area contributed by atoms with E-state index in [2.05, 4.69) is 0 Å². The first-order valence-electron chi connectivity index (χ1n) is 8.72. The van der Waals surface area contributed by atoms with Gasteiger partial charge in [0.2, 0.25) is 5.75 Å². The number of phenolic OH excluding ortho intramolecular Hbond substituents is 1. The molecule has 4 aromatic rings. The molecule has 0 atom stereocenters. The van der Waals surface area contributed by atoms with E-state index < -0.39 is 0 Å². The maximum atomic E-state index is 9.85. The van der Waals surface area contributed by atoms with Gasteiger partial charge in [0, 0.05) is 23.5 Å². The molecule has 0 unspecified atom stereocenters. The zero-order valence-corrected chi connectivity index (χ0v) is 15.8. The summed E-state index contributed by atoms with van der Waals surface area (Å²) in [6, 6.07) is 14.8. The normalized spacial score (nSPS) is 10.8. The number of aromatic hydroxyl groups is 1. The fraction of sp³-hybridized carbons (Fsp3) is 0.136. The van der Waals surface area contributed by atoms with Crippen molar-refractivity contribution in [2.24, 2.45) is 0 Å². The topological polar surface area (TPSA) is 65.2 Å². The van der Waals surface area contributed by atoms with Gasteiger partial charge in [0.1, 0.15) is 5.75 Å². The van der Waals surface area contributed by atoms with E-state index in [0.29, 0.717) is 17.2 Å². The number of phenols is 1. The van der Waals surface area contributed by atoms with Crippen LogP contribution in [0.3, 0.4) is 0 Å². The molecule has 1 N–H and O–H groups in total. The van der Waals surface area contributed by atoms with Crippen LogP contribution in [-0.2, 0) is 0 Å². The third-order valence-electron chi connectivity index (χ3n) is 4.60. The summed E-state index contributed by atoms with van der Waals surface area (Å²) < 4.78 is 18.4. The van der Waals surface area contributed by atoms with Gasteiger partial charge in [-0.15, -0.1) is 0 Å². The van der Waals surface area contributed by atoms with Gasteiger partial charge < -0.3 is 23.7 Å². The van der Waals surface area contributed by atoms with Gasteiger partial charge in [0.25, 0.3) is 0 Å². The van der Waals surface area contributed by atoms with Crippen LogP contribution in [0.1, 0.15) is 0 Å². The molecule has 0 aliphatic carbocycles. The Morgan fingerprint density at radius 2 is 1.61 bits per heavy atom. The van der Waals surface area contributed by atoms with Gasteiger partial charge in [0.15, 0.2) is 11.5 Å². The summed E-state index contributed by atoms with van der Waals surface area (Å²) >= 11 is 0. The van der Waals surface area contributed by atoms with Crippen LogP contribution in [-0.4, -0.2) is 35.8 Å². The van der Waals surface area contributed by atoms with Crippen molar-refractivity contribution < 1.29 is 19.3 Å². The first-order valence-corrected chi connectivity index (χ1v) is 8.72. The third kappa shape index (κ3) is 2.99. The molecule has 28 heavy (non-hydrogen) atoms. The summed E-state index contributed by atoms with van der Waals surface area (Å²) in [6.07, 6.45) is 3.90. The summed E-state index contributed by atoms with van der Waals surface area (Å²) in [6.45, 7) is 0. The average Bonchev–Trinajstić information content (AvgIpc) is 3.20. The highest BCUT2D eigenvalue weighted by Crippen LogP contribution is 2.42. The molecule has 0 spiro atoms. The van der Waals surface area contributed by atoms with Crippen molar-refractivity contribution in [3.05, 3.63) is 60.9 Å². The van der Waals surface area contributed by atoms with Crippen molar-refractivity contribution in [2.45, 2.75) is 0 Å². The molecule has 0 bridgehead atoms. The van der Waals surface area contributed by atoms with Gasteiger partial charge in [-0.05, 0) is 36.4 Å². The molecule has 0 aliphatic rings. The van der Waals surface area contributed by atoms with Crippen LogP contribution < -0.4 is 14.2 Å². The van der Waals surface area contributed by atoms with Gasteiger partial charge in [0.05, 0.1) is 38.2 Å². The number of ether oxygens (including phenoxy) is 3. The predicted molar refractivity (Wildman–Crippen MR) is 107 cm³/mol. The van der Waals surface area contributed by atoms with Gasteiger partial charge in [-0.2, -0.15) is 0 Å². The van der Waals surface area contributed by atoms with Crippen LogP contribution in [0, 0.1) is 0 Å². The number of hydrogen-bond acceptors (Lipinski definition) is 5. The third-order valence-corrected chi connectivity index (χ3v) is 4.60. The summed E-state index contributed by atoms with van der Waals surface area (Å²) in [7, 11) is 4.75. The Labute approximate surface area is 162 Å². The second-order valence-corrected chi connectivity index (χ2v) is 6.24. The highest BCUT2D eigenvalue weighted by atomic mass is 16.5. The van der Waals surface area contributed by atoms with Crippen LogP contribution in [0.4, 0.5) is 0 Å². The molecule has 2 heterocycles. The van der Waals surface area contributed by atoms with Crippen molar-refractivity contribution in [1.82, 2.24) is 9.38 Å². The fourth-order valence-corrected chi connectivity index (χ4v) is 3.28. The van der Waals surface area contributed by atoms with E-state index in [9.17, 15) is 5.11 Å². The Hall–Kier alpha value is -3.67. The molecule has 0 fully saturated rings. The number of fused-ring (bicyclic) bond motifs is 1. The smallest absolute Gasteiger partial charge is 0.203 e. The molecule has 2 aromatic heterocycles. The molecular formula is C22H20N2O4. The Balaban J connectivity index is 1.97. The predicted octanol–water partition coefficient (Wildman–Crippen LogP) is 4.40. The maximum Gasteiger partial charge on any atom is 0.203 e. The van der Waals surface area contributed by atoms with Crippen LogP contribution in [0.5, 0.6) is 23.0 Å². The number of benzene rings is 2. The van der Waals surface area contributed by atoms with E-state index in [-0.39, 0.29) is 5.75 Å². The van der Waals surface area contributed by atoms with E-state index in [1.165, 1.54) is 0 Å². The summed E-state index contributed by atoms with van der Waals surface area (Å²) in [5.74, 6) is 1.85. The summed E-state index contributed by atoms with van der Waals surface area (Å²) in [5.41, 5.74) is 4.11. The van der Waals surface area contributed by atoms with Crippen LogP contribution in [0.15, 0.2) is 60.9 Å². The molecular weight excluding hydrogens is 356 g/mol. The highest BCUT2D eigenvalue weighted by Gasteiger charge is 2.17. The largest absolute Gasteiger partial charge is 0.508 e. The molecule has 0 radical (unpaired) electrons. The number of rotatable bonds is 5. The molecule has 0 saturated heterocycles. The first-order chi connectivity index (χ1) is 13.6. The fourth-order valence-electron chi connectivity index (χ4n) is 3.28. The first kappa shape index (κ1) is 17.7. The Bertz CT molecular complexity index is 1130. The zero-order valence-electron chi connectivity index (χ0n) is 15.8. The zero-order chi connectivity index (χ0) is 19.7. The molecule has 6 nitrogen and oxygen atoms in total. The van der Waals surface area contributed by atoms with Crippen molar-refractivity contribution >= 4 is 5.52 Å². The lowest BCUT2D eigenvalue weighted by Gasteiger charge is -2.15. The maximum absolute atomic E-state index is 9.85. The lowest BCUT2D eigenvalue weighted by molar-refractivity contribution is 0.324. The molecule has 0 saturated carbocycles. The lowest BCUT2D eigenvalue weighted by atomic mass is 10.1. The van der Waals surface area contributed by atoms with Gasteiger partial charge in [-0.1, -0.05) is 12.1 Å². The minimum absolute atomic E-state index is 0.196. The lowest BCUT2D eigenvalue weighted by Crippen LogP contribution is -1.98. The molecule has 0 amide bonds. The van der Waals surface area contributed by atoms with Crippen molar-refractivity contribution in [1.29, 1.82) is 0 Å². The molecule has 4 rings (SSSR count). The van der Waals surface area contributed by atoms with Crippen LogP contribution in [0.25, 0.3) is 28.0 Å². The van der Waals surface area contributed by atoms with E-state index in [1.54, 1.807) is 39.5 Å². The molecule has 2 aromatic carbocycles. The van der Waals surface area contributed by atoms with E-state index in [4.69, 9.17) is 19.2 Å². The minimum atomic E-state index is 0.196. The molecule has 142 valence electrons. The Morgan fingerprint density at radius 1 is 0.857 bits per heavy atom. The highest BCUT2D eigenvalue weighted by molar-refractivity contribution is 5.82. The molecule has 6 heteroatoms. The van der Waals surface area contributed by atoms with Gasteiger partial charge in [-0.25, -0.2) is 4.98 Å². The number of aromatic nitrogens is 2. The quantitative estimate of drug-likeness (QED) is 0.559. The minimum Gasteiger partial charge on any atom is -0.508 e. The Kier molecular flexibility index (Phi) is 4.53. The van der Waals surface area contributed by atoms with Crippen molar-refractivity contribution in [3.63, 3.8) is 0 Å². The van der Waals surface area contributed by atoms with Crippen LogP contribution in [0.2, 0.25) is 0 Å². The van der Waals surface area contributed by atoms with Gasteiger partial charge in [-0.3, -0.25) is 0 Å². The SMILES string of the molecule is COc1cc(-c2nc(-c3cccc(O)c3)cn3cccc23)cc(OC)c1OC. The Morgan fingerprint density at radius 3 is 2.25 bits per heavy atom. The number of nitrogens with zero attached hydrogens (tertiary/aromatic N) is 2. The average molecular weight is 376 g/mol. The summed E-state index contributed by atoms with van der Waals surface area (Å²) in [4.78, 5) is 4.88. The van der Waals surface area contributed by atoms with E-state index in [0.717, 1.165) is 28.0 Å². The second-order valence-electron chi connectivity index (χ2n) is 6.24. The van der Waals surface area contributed by atoms with E-state index in [1.807, 2.05) is 47.1 Å². The van der Waals surface area contributed by atoms with E-state index >= 15 is 0 Å². The second kappa shape index (κ2) is 7.15. The standard InChI is InChI=1S/C22H20N2O4/c1-26-19-11-15(12-20(27-2)22(19)28-3)21-18-8-5-9-24(18)13-17(23-21)14-6-4-7-16(25)10-14/h4-13,25H,1-3H3. The van der Waals surface area contributed by atoms with Crippen molar-refractivity contribution in [2.75, 3.05) is 21.3 Å². The number of methoxy groups -OCH3 is 3. The van der Waals surface area contributed by atoms with Crippen molar-refractivity contribution in [3.8, 4) is 45.5 Å². The summed E-state index contributed by atoms with van der Waals surface area (Å²) in [5, 5.41) is 9.85. The number of hydrogen-bond donors (Lipinski definition) is 1. The monoisotopic (exact) mass is 376 g/mol. The van der Waals surface area contributed by atoms with Gasteiger partial charge >= 0.3 is 0 Å². The molecule has 0 aliphatic heterocycles.